The lowest BCUT2D eigenvalue weighted by atomic mass is 9.91. The van der Waals surface area contributed by atoms with Crippen molar-refractivity contribution in [3.8, 4) is 0 Å². The zero-order valence-electron chi connectivity index (χ0n) is 9.71. The number of hydrogen-bond donors (Lipinski definition) is 1. The molecule has 0 aromatic heterocycles. The Morgan fingerprint density at radius 2 is 1.93 bits per heavy atom. The van der Waals surface area contributed by atoms with Crippen LogP contribution in [-0.4, -0.2) is 35.7 Å². The molecule has 0 aromatic carbocycles. The second-order valence-electron chi connectivity index (χ2n) is 4.61. The van der Waals surface area contributed by atoms with Crippen LogP contribution in [-0.2, 0) is 0 Å². The van der Waals surface area contributed by atoms with E-state index in [4.69, 9.17) is 0 Å². The first-order chi connectivity index (χ1) is 6.75. The fourth-order valence-electron chi connectivity index (χ4n) is 2.38. The van der Waals surface area contributed by atoms with Crippen LogP contribution in [0, 0.1) is 0 Å². The molecule has 0 unspecified atom stereocenters. The molecule has 1 rings (SSSR count). The molecule has 0 heterocycles. The molecule has 1 N–H and O–H groups in total. The minimum Gasteiger partial charge on any atom is -0.391 e. The van der Waals surface area contributed by atoms with Gasteiger partial charge in [-0.3, -0.25) is 0 Å². The molecule has 0 amide bonds. The normalized spacial score (nSPS) is 28.3. The van der Waals surface area contributed by atoms with Crippen LogP contribution in [0.1, 0.15) is 51.9 Å². The van der Waals surface area contributed by atoms with Crippen molar-refractivity contribution in [3.05, 3.63) is 0 Å². The summed E-state index contributed by atoms with van der Waals surface area (Å²) in [6.45, 7) is 3.38. The Kier molecular flexibility index (Phi) is 5.49. The van der Waals surface area contributed by atoms with Crippen molar-refractivity contribution >= 4 is 0 Å². The van der Waals surface area contributed by atoms with Crippen LogP contribution in [0.15, 0.2) is 0 Å². The third kappa shape index (κ3) is 3.58. The van der Waals surface area contributed by atoms with Gasteiger partial charge in [0.2, 0.25) is 0 Å². The van der Waals surface area contributed by atoms with Crippen LogP contribution in [0.25, 0.3) is 0 Å². The summed E-state index contributed by atoms with van der Waals surface area (Å²) in [6, 6.07) is 0.431. The first-order valence-electron chi connectivity index (χ1n) is 6.14. The first-order valence-corrected chi connectivity index (χ1v) is 6.14. The van der Waals surface area contributed by atoms with Crippen molar-refractivity contribution in [1.82, 2.24) is 4.90 Å². The number of hydrogen-bond acceptors (Lipinski definition) is 2. The molecule has 14 heavy (non-hydrogen) atoms. The van der Waals surface area contributed by atoms with Crippen molar-refractivity contribution in [2.45, 2.75) is 64.0 Å². The minimum atomic E-state index is -0.0737. The van der Waals surface area contributed by atoms with E-state index in [1.165, 1.54) is 38.5 Å². The minimum absolute atomic E-state index is 0.0737. The number of nitrogens with zero attached hydrogens (tertiary/aromatic N) is 1. The van der Waals surface area contributed by atoms with Crippen molar-refractivity contribution < 1.29 is 5.11 Å². The summed E-state index contributed by atoms with van der Waals surface area (Å²) < 4.78 is 0. The molecule has 0 aromatic rings. The molecule has 2 nitrogen and oxygen atoms in total. The monoisotopic (exact) mass is 199 g/mol. The van der Waals surface area contributed by atoms with Gasteiger partial charge in [0.25, 0.3) is 0 Å². The SMILES string of the molecule is CCCCCN(C)[C@H]1CCCC[C@@H]1O. The van der Waals surface area contributed by atoms with Gasteiger partial charge in [0.1, 0.15) is 0 Å². The Labute approximate surface area is 88.3 Å². The van der Waals surface area contributed by atoms with Crippen molar-refractivity contribution in [3.63, 3.8) is 0 Å². The lowest BCUT2D eigenvalue weighted by Gasteiger charge is -2.35. The molecule has 0 spiro atoms. The van der Waals surface area contributed by atoms with Crippen LogP contribution >= 0.6 is 0 Å². The smallest absolute Gasteiger partial charge is 0.0695 e. The maximum Gasteiger partial charge on any atom is 0.0695 e. The molecule has 0 aliphatic heterocycles. The summed E-state index contributed by atoms with van der Waals surface area (Å²) in [5, 5.41) is 9.85. The lowest BCUT2D eigenvalue weighted by molar-refractivity contribution is 0.0316. The maximum absolute atomic E-state index is 9.85. The highest BCUT2D eigenvalue weighted by Gasteiger charge is 2.25. The first kappa shape index (κ1) is 12.0. The molecule has 1 aliphatic rings. The van der Waals surface area contributed by atoms with Gasteiger partial charge in [0, 0.05) is 6.04 Å². The zero-order valence-corrected chi connectivity index (χ0v) is 9.71. The van der Waals surface area contributed by atoms with Crippen LogP contribution in [0.5, 0.6) is 0 Å². The van der Waals surface area contributed by atoms with Gasteiger partial charge in [-0.15, -0.1) is 0 Å². The van der Waals surface area contributed by atoms with E-state index in [0.717, 1.165) is 13.0 Å². The summed E-state index contributed by atoms with van der Waals surface area (Å²) in [7, 11) is 2.16. The van der Waals surface area contributed by atoms with Gasteiger partial charge in [-0.1, -0.05) is 32.6 Å². The summed E-state index contributed by atoms with van der Waals surface area (Å²) >= 11 is 0. The molecular formula is C12H25NO. The number of likely N-dealkylation sites (N-methyl/N-ethyl adjacent to an activating group) is 1. The highest BCUT2D eigenvalue weighted by atomic mass is 16.3. The lowest BCUT2D eigenvalue weighted by Crippen LogP contribution is -2.43. The molecular weight excluding hydrogens is 174 g/mol. The summed E-state index contributed by atoms with van der Waals surface area (Å²) in [4.78, 5) is 2.36. The Hall–Kier alpha value is -0.0800. The zero-order chi connectivity index (χ0) is 10.4. The van der Waals surface area contributed by atoms with E-state index in [-0.39, 0.29) is 6.10 Å². The van der Waals surface area contributed by atoms with Crippen LogP contribution in [0.3, 0.4) is 0 Å². The maximum atomic E-state index is 9.85. The highest BCUT2D eigenvalue weighted by molar-refractivity contribution is 4.81. The van der Waals surface area contributed by atoms with Gasteiger partial charge in [-0.2, -0.15) is 0 Å². The van der Waals surface area contributed by atoms with E-state index in [9.17, 15) is 5.11 Å². The number of aliphatic hydroxyl groups excluding tert-OH is 1. The van der Waals surface area contributed by atoms with Crippen molar-refractivity contribution in [2.75, 3.05) is 13.6 Å². The summed E-state index contributed by atoms with van der Waals surface area (Å²) in [6.07, 6.45) is 8.48. The van der Waals surface area contributed by atoms with Gasteiger partial charge in [0.05, 0.1) is 6.10 Å². The second kappa shape index (κ2) is 6.41. The van der Waals surface area contributed by atoms with E-state index in [2.05, 4.69) is 18.9 Å². The van der Waals surface area contributed by atoms with Gasteiger partial charge >= 0.3 is 0 Å². The Balaban J connectivity index is 2.23. The molecule has 1 aliphatic carbocycles. The quantitative estimate of drug-likeness (QED) is 0.687. The van der Waals surface area contributed by atoms with Crippen LogP contribution < -0.4 is 0 Å². The molecule has 0 bridgehead atoms. The molecule has 2 heteroatoms. The molecule has 2 atom stereocenters. The second-order valence-corrected chi connectivity index (χ2v) is 4.61. The Morgan fingerprint density at radius 3 is 2.57 bits per heavy atom. The van der Waals surface area contributed by atoms with Crippen LogP contribution in [0.2, 0.25) is 0 Å². The predicted molar refractivity (Wildman–Crippen MR) is 60.4 cm³/mol. The van der Waals surface area contributed by atoms with E-state index in [1.54, 1.807) is 0 Å². The van der Waals surface area contributed by atoms with E-state index in [1.807, 2.05) is 0 Å². The average Bonchev–Trinajstić information content (AvgIpc) is 2.18. The summed E-state index contributed by atoms with van der Waals surface area (Å²) in [5.41, 5.74) is 0. The Bertz CT molecular complexity index is 149. The van der Waals surface area contributed by atoms with Gasteiger partial charge in [0.15, 0.2) is 0 Å². The summed E-state index contributed by atoms with van der Waals surface area (Å²) in [5.74, 6) is 0. The topological polar surface area (TPSA) is 23.5 Å². The number of unbranched alkanes of at least 4 members (excludes halogenated alkanes) is 2. The van der Waals surface area contributed by atoms with E-state index in [0.29, 0.717) is 6.04 Å². The molecule has 0 saturated heterocycles. The van der Waals surface area contributed by atoms with E-state index < -0.39 is 0 Å². The fourth-order valence-corrected chi connectivity index (χ4v) is 2.38. The highest BCUT2D eigenvalue weighted by Crippen LogP contribution is 2.22. The molecule has 84 valence electrons. The van der Waals surface area contributed by atoms with Gasteiger partial charge < -0.3 is 10.0 Å². The van der Waals surface area contributed by atoms with Crippen molar-refractivity contribution in [2.24, 2.45) is 0 Å². The molecule has 1 saturated carbocycles. The van der Waals surface area contributed by atoms with Crippen LogP contribution in [0.4, 0.5) is 0 Å². The van der Waals surface area contributed by atoms with E-state index >= 15 is 0 Å². The molecule has 1 fully saturated rings. The molecule has 0 radical (unpaired) electrons. The predicted octanol–water partition coefficient (Wildman–Crippen LogP) is 2.41. The average molecular weight is 199 g/mol. The van der Waals surface area contributed by atoms with Gasteiger partial charge in [-0.25, -0.2) is 0 Å². The standard InChI is InChI=1S/C12H25NO/c1-3-4-7-10-13(2)11-8-5-6-9-12(11)14/h11-12,14H,3-10H2,1-2H3/t11-,12-/m0/s1. The Morgan fingerprint density at radius 1 is 1.21 bits per heavy atom. The van der Waals surface area contributed by atoms with Crippen molar-refractivity contribution in [1.29, 1.82) is 0 Å². The van der Waals surface area contributed by atoms with Gasteiger partial charge in [-0.05, 0) is 32.9 Å². The third-order valence-corrected chi connectivity index (χ3v) is 3.37. The number of aliphatic hydroxyl groups is 1. The largest absolute Gasteiger partial charge is 0.391 e. The number of rotatable bonds is 5. The fraction of sp³-hybridized carbons (Fsp3) is 1.00. The third-order valence-electron chi connectivity index (χ3n) is 3.37.